The largest absolute Gasteiger partial charge is 0.491 e. The van der Waals surface area contributed by atoms with Gasteiger partial charge in [-0.15, -0.1) is 0 Å². The molecule has 0 saturated carbocycles. The maximum absolute atomic E-state index is 11.3. The van der Waals surface area contributed by atoms with Gasteiger partial charge in [0, 0.05) is 18.5 Å². The number of hydrogen-bond donors (Lipinski definition) is 0. The van der Waals surface area contributed by atoms with Crippen molar-refractivity contribution in [3.05, 3.63) is 24.3 Å². The van der Waals surface area contributed by atoms with E-state index in [1.807, 2.05) is 25.1 Å². The number of rotatable bonds is 4. The fourth-order valence-corrected chi connectivity index (χ4v) is 2.23. The van der Waals surface area contributed by atoms with Gasteiger partial charge in [0.15, 0.2) is 0 Å². The van der Waals surface area contributed by atoms with E-state index in [0.717, 1.165) is 50.3 Å². The van der Waals surface area contributed by atoms with Crippen LogP contribution < -0.4 is 9.64 Å². The van der Waals surface area contributed by atoms with Crippen LogP contribution in [0, 0.1) is 5.41 Å². The van der Waals surface area contributed by atoms with E-state index in [9.17, 15) is 4.79 Å². The lowest BCUT2D eigenvalue weighted by Gasteiger charge is -2.32. The number of carbonyl (C=O) groups is 1. The molecule has 98 valence electrons. The van der Waals surface area contributed by atoms with Crippen molar-refractivity contribution in [1.82, 2.24) is 0 Å². The quantitative estimate of drug-likeness (QED) is 0.766. The molecule has 1 aromatic rings. The van der Waals surface area contributed by atoms with E-state index >= 15 is 0 Å². The number of aldehydes is 1. The maximum atomic E-state index is 11.3. The molecule has 1 aromatic carbocycles. The Bertz CT molecular complexity index is 419. The summed E-state index contributed by atoms with van der Waals surface area (Å²) in [6.45, 7) is 6.54. The Kier molecular flexibility index (Phi) is 3.90. The van der Waals surface area contributed by atoms with Crippen molar-refractivity contribution in [1.29, 1.82) is 0 Å². The first-order chi connectivity index (χ1) is 8.68. The Morgan fingerprint density at radius 2 is 2.22 bits per heavy atom. The molecule has 0 fully saturated rings. The van der Waals surface area contributed by atoms with Crippen LogP contribution in [-0.2, 0) is 4.79 Å². The van der Waals surface area contributed by atoms with Crippen LogP contribution in [0.1, 0.15) is 26.7 Å². The highest BCUT2D eigenvalue weighted by atomic mass is 16.5. The summed E-state index contributed by atoms with van der Waals surface area (Å²) in [6, 6.07) is 8.07. The number of anilines is 1. The van der Waals surface area contributed by atoms with Crippen LogP contribution in [0.3, 0.4) is 0 Å². The molecule has 3 heteroatoms. The Labute approximate surface area is 109 Å². The van der Waals surface area contributed by atoms with E-state index in [1.54, 1.807) is 0 Å². The number of benzene rings is 1. The lowest BCUT2D eigenvalue weighted by Crippen LogP contribution is -2.37. The Morgan fingerprint density at radius 3 is 2.94 bits per heavy atom. The minimum Gasteiger partial charge on any atom is -0.491 e. The summed E-state index contributed by atoms with van der Waals surface area (Å²) in [5.74, 6) is 0.930. The standard InChI is InChI=1S/C15H21NO2/c1-3-15(2,12-17)11-16-9-6-10-18-14-8-5-4-7-13(14)16/h4-5,7-8,12H,3,6,9-11H2,1-2H3. The average molecular weight is 247 g/mol. The molecule has 0 N–H and O–H groups in total. The molecular weight excluding hydrogens is 226 g/mol. The SMILES string of the molecule is CCC(C)(C=O)CN1CCCOc2ccccc21. The van der Waals surface area contributed by atoms with E-state index in [0.29, 0.717) is 0 Å². The van der Waals surface area contributed by atoms with Gasteiger partial charge in [0.05, 0.1) is 12.3 Å². The molecule has 1 heterocycles. The topological polar surface area (TPSA) is 29.5 Å². The van der Waals surface area contributed by atoms with E-state index in [2.05, 4.69) is 17.9 Å². The molecule has 0 amide bonds. The molecule has 2 rings (SSSR count). The summed E-state index contributed by atoms with van der Waals surface area (Å²) >= 11 is 0. The van der Waals surface area contributed by atoms with Crippen molar-refractivity contribution < 1.29 is 9.53 Å². The number of fused-ring (bicyclic) bond motifs is 1. The number of para-hydroxylation sites is 2. The maximum Gasteiger partial charge on any atom is 0.142 e. The second kappa shape index (κ2) is 5.42. The van der Waals surface area contributed by atoms with Crippen LogP contribution in [-0.4, -0.2) is 26.0 Å². The molecule has 1 unspecified atom stereocenters. The van der Waals surface area contributed by atoms with E-state index in [-0.39, 0.29) is 5.41 Å². The van der Waals surface area contributed by atoms with Gasteiger partial charge in [-0.1, -0.05) is 26.0 Å². The van der Waals surface area contributed by atoms with Gasteiger partial charge in [-0.25, -0.2) is 0 Å². The third-order valence-electron chi connectivity index (χ3n) is 3.68. The summed E-state index contributed by atoms with van der Waals surface area (Å²) in [4.78, 5) is 13.5. The third kappa shape index (κ3) is 2.66. The lowest BCUT2D eigenvalue weighted by molar-refractivity contribution is -0.115. The first kappa shape index (κ1) is 12.9. The summed E-state index contributed by atoms with van der Waals surface area (Å²) < 4.78 is 5.73. The second-order valence-corrected chi connectivity index (χ2v) is 5.22. The van der Waals surface area contributed by atoms with E-state index < -0.39 is 0 Å². The van der Waals surface area contributed by atoms with Gasteiger partial charge in [-0.3, -0.25) is 0 Å². The van der Waals surface area contributed by atoms with Gasteiger partial charge in [0.2, 0.25) is 0 Å². The van der Waals surface area contributed by atoms with Gasteiger partial charge in [-0.05, 0) is 25.0 Å². The van der Waals surface area contributed by atoms with Crippen molar-refractivity contribution in [3.8, 4) is 5.75 Å². The molecule has 18 heavy (non-hydrogen) atoms. The zero-order chi connectivity index (χ0) is 13.0. The minimum absolute atomic E-state index is 0.280. The first-order valence-electron chi connectivity index (χ1n) is 6.61. The highest BCUT2D eigenvalue weighted by molar-refractivity contribution is 5.63. The molecule has 0 radical (unpaired) electrons. The highest BCUT2D eigenvalue weighted by Gasteiger charge is 2.27. The number of carbonyl (C=O) groups excluding carboxylic acids is 1. The molecule has 0 spiro atoms. The van der Waals surface area contributed by atoms with Crippen molar-refractivity contribution in [2.24, 2.45) is 5.41 Å². The van der Waals surface area contributed by atoms with Crippen molar-refractivity contribution in [2.75, 3.05) is 24.6 Å². The van der Waals surface area contributed by atoms with Crippen LogP contribution in [0.2, 0.25) is 0 Å². The van der Waals surface area contributed by atoms with Gasteiger partial charge in [0.1, 0.15) is 12.0 Å². The number of hydrogen-bond acceptors (Lipinski definition) is 3. The molecule has 0 aromatic heterocycles. The van der Waals surface area contributed by atoms with Gasteiger partial charge >= 0.3 is 0 Å². The molecule has 0 bridgehead atoms. The third-order valence-corrected chi connectivity index (χ3v) is 3.68. The molecule has 1 atom stereocenters. The molecule has 1 aliphatic rings. The van der Waals surface area contributed by atoms with Crippen LogP contribution in [0.4, 0.5) is 5.69 Å². The van der Waals surface area contributed by atoms with Crippen molar-refractivity contribution >= 4 is 12.0 Å². The monoisotopic (exact) mass is 247 g/mol. The van der Waals surface area contributed by atoms with Crippen LogP contribution in [0.5, 0.6) is 5.75 Å². The molecular formula is C15H21NO2. The van der Waals surface area contributed by atoms with Crippen molar-refractivity contribution in [2.45, 2.75) is 26.7 Å². The summed E-state index contributed by atoms with van der Waals surface area (Å²) in [5.41, 5.74) is 0.828. The normalized spacial score (nSPS) is 18.2. The molecule has 0 saturated heterocycles. The lowest BCUT2D eigenvalue weighted by atomic mass is 9.88. The van der Waals surface area contributed by atoms with Crippen LogP contribution >= 0.6 is 0 Å². The Balaban J connectivity index is 2.25. The van der Waals surface area contributed by atoms with Gasteiger partial charge in [0.25, 0.3) is 0 Å². The van der Waals surface area contributed by atoms with Crippen molar-refractivity contribution in [3.63, 3.8) is 0 Å². The fraction of sp³-hybridized carbons (Fsp3) is 0.533. The molecule has 0 aliphatic carbocycles. The van der Waals surface area contributed by atoms with Crippen LogP contribution in [0.15, 0.2) is 24.3 Å². The number of nitrogens with zero attached hydrogens (tertiary/aromatic N) is 1. The fourth-order valence-electron chi connectivity index (χ4n) is 2.23. The van der Waals surface area contributed by atoms with E-state index in [1.165, 1.54) is 0 Å². The van der Waals surface area contributed by atoms with Gasteiger partial charge in [-0.2, -0.15) is 0 Å². The average Bonchev–Trinajstić information content (AvgIpc) is 2.61. The molecule has 1 aliphatic heterocycles. The van der Waals surface area contributed by atoms with Crippen LogP contribution in [0.25, 0.3) is 0 Å². The van der Waals surface area contributed by atoms with Gasteiger partial charge < -0.3 is 14.4 Å². The van der Waals surface area contributed by atoms with E-state index in [4.69, 9.17) is 4.74 Å². The smallest absolute Gasteiger partial charge is 0.142 e. The summed E-state index contributed by atoms with van der Waals surface area (Å²) in [6.07, 6.45) is 2.94. The Hall–Kier alpha value is -1.51. The highest BCUT2D eigenvalue weighted by Crippen LogP contribution is 2.33. The summed E-state index contributed by atoms with van der Waals surface area (Å²) in [7, 11) is 0. The zero-order valence-corrected chi connectivity index (χ0v) is 11.2. The Morgan fingerprint density at radius 1 is 1.44 bits per heavy atom. The summed E-state index contributed by atoms with van der Waals surface area (Å²) in [5, 5.41) is 0. The minimum atomic E-state index is -0.280. The zero-order valence-electron chi connectivity index (χ0n) is 11.2. The predicted octanol–water partition coefficient (Wildman–Crippen LogP) is 2.89. The molecule has 3 nitrogen and oxygen atoms in total. The second-order valence-electron chi connectivity index (χ2n) is 5.22. The number of ether oxygens (including phenoxy) is 1. The first-order valence-corrected chi connectivity index (χ1v) is 6.61. The predicted molar refractivity (Wildman–Crippen MR) is 73.2 cm³/mol.